The summed E-state index contributed by atoms with van der Waals surface area (Å²) in [7, 11) is 0. The summed E-state index contributed by atoms with van der Waals surface area (Å²) in [4.78, 5) is 0. The Morgan fingerprint density at radius 1 is 1.71 bits per heavy atom. The summed E-state index contributed by atoms with van der Waals surface area (Å²) in [6.07, 6.45) is 0. The second-order valence-corrected chi connectivity index (χ2v) is 3.00. The first-order valence-corrected chi connectivity index (χ1v) is 3.27. The molecule has 1 aliphatic heterocycles. The van der Waals surface area contributed by atoms with Crippen molar-refractivity contribution in [1.29, 1.82) is 0 Å². The standard InChI is InChI=1S/C4H9NS.ClH/c1-4-2-5-3-6-4;/h4-5H,2-3H2,1H3;1H. The van der Waals surface area contributed by atoms with Crippen LogP contribution in [0.25, 0.3) is 0 Å². The van der Waals surface area contributed by atoms with E-state index in [1.54, 1.807) is 0 Å². The van der Waals surface area contributed by atoms with E-state index >= 15 is 0 Å². The van der Waals surface area contributed by atoms with Crippen LogP contribution in [0.5, 0.6) is 0 Å². The summed E-state index contributed by atoms with van der Waals surface area (Å²) in [6.45, 7) is 3.44. The highest BCUT2D eigenvalue weighted by atomic mass is 35.5. The largest absolute Gasteiger partial charge is 0.307 e. The maximum Gasteiger partial charge on any atom is 0.0421 e. The predicted octanol–water partition coefficient (Wildman–Crippen LogP) is 1.09. The van der Waals surface area contributed by atoms with Crippen LogP contribution in [0, 0.1) is 0 Å². The summed E-state index contributed by atoms with van der Waals surface area (Å²) in [5, 5.41) is 4.09. The van der Waals surface area contributed by atoms with Gasteiger partial charge < -0.3 is 5.32 Å². The van der Waals surface area contributed by atoms with E-state index in [0.29, 0.717) is 0 Å². The highest BCUT2D eigenvalue weighted by molar-refractivity contribution is 8.00. The lowest BCUT2D eigenvalue weighted by Crippen LogP contribution is -2.09. The van der Waals surface area contributed by atoms with Crippen LogP contribution in [0.3, 0.4) is 0 Å². The zero-order valence-corrected chi connectivity index (χ0v) is 5.94. The molecule has 3 heteroatoms. The van der Waals surface area contributed by atoms with E-state index < -0.39 is 0 Å². The Morgan fingerprint density at radius 3 is 2.57 bits per heavy atom. The molecule has 0 amide bonds. The van der Waals surface area contributed by atoms with Gasteiger partial charge in [0.15, 0.2) is 0 Å². The molecule has 0 aromatic carbocycles. The van der Waals surface area contributed by atoms with Crippen LogP contribution in [0.1, 0.15) is 6.92 Å². The third-order valence-electron chi connectivity index (χ3n) is 0.902. The highest BCUT2D eigenvalue weighted by Gasteiger charge is 2.06. The van der Waals surface area contributed by atoms with Gasteiger partial charge in [-0.25, -0.2) is 0 Å². The SMILES string of the molecule is CC1CNCS1.Cl. The van der Waals surface area contributed by atoms with Gasteiger partial charge in [-0.1, -0.05) is 6.92 Å². The smallest absolute Gasteiger partial charge is 0.0421 e. The van der Waals surface area contributed by atoms with Crippen LogP contribution in [0.15, 0.2) is 0 Å². The maximum absolute atomic E-state index is 3.23. The Hall–Kier alpha value is 0.600. The summed E-state index contributed by atoms with van der Waals surface area (Å²) in [6, 6.07) is 0. The number of hydrogen-bond donors (Lipinski definition) is 1. The van der Waals surface area contributed by atoms with Crippen LogP contribution >= 0.6 is 24.2 Å². The van der Waals surface area contributed by atoms with E-state index in [2.05, 4.69) is 12.2 Å². The lowest BCUT2D eigenvalue weighted by Gasteiger charge is -1.89. The van der Waals surface area contributed by atoms with E-state index in [1.165, 1.54) is 6.54 Å². The normalized spacial score (nSPS) is 29.6. The third kappa shape index (κ3) is 2.42. The van der Waals surface area contributed by atoms with Crippen molar-refractivity contribution in [3.8, 4) is 0 Å². The lowest BCUT2D eigenvalue weighted by molar-refractivity contribution is 0.813. The van der Waals surface area contributed by atoms with Crippen molar-refractivity contribution in [2.45, 2.75) is 12.2 Å². The van der Waals surface area contributed by atoms with Gasteiger partial charge >= 0.3 is 0 Å². The Kier molecular flexibility index (Phi) is 3.89. The number of thioether (sulfide) groups is 1. The molecule has 44 valence electrons. The Morgan fingerprint density at radius 2 is 2.43 bits per heavy atom. The zero-order valence-electron chi connectivity index (χ0n) is 4.31. The summed E-state index contributed by atoms with van der Waals surface area (Å²) in [5.41, 5.74) is 0. The van der Waals surface area contributed by atoms with Gasteiger partial charge in [0.1, 0.15) is 0 Å². The molecule has 0 aromatic rings. The number of halogens is 1. The summed E-state index contributed by atoms with van der Waals surface area (Å²) >= 11 is 1.99. The van der Waals surface area contributed by atoms with E-state index in [4.69, 9.17) is 0 Å². The van der Waals surface area contributed by atoms with Gasteiger partial charge in [0.05, 0.1) is 0 Å². The minimum atomic E-state index is 0. The van der Waals surface area contributed by atoms with Crippen molar-refractivity contribution in [3.05, 3.63) is 0 Å². The van der Waals surface area contributed by atoms with E-state index in [-0.39, 0.29) is 12.4 Å². The molecule has 0 bridgehead atoms. The molecule has 0 aromatic heterocycles. The quantitative estimate of drug-likeness (QED) is 0.540. The average Bonchev–Trinajstić information content (AvgIpc) is 1.86. The van der Waals surface area contributed by atoms with E-state index in [0.717, 1.165) is 11.1 Å². The van der Waals surface area contributed by atoms with Gasteiger partial charge in [-0.15, -0.1) is 24.2 Å². The molecule has 1 saturated heterocycles. The van der Waals surface area contributed by atoms with Gasteiger partial charge in [-0.3, -0.25) is 0 Å². The Balaban J connectivity index is 0.000000360. The van der Waals surface area contributed by atoms with E-state index in [9.17, 15) is 0 Å². The van der Waals surface area contributed by atoms with Crippen molar-refractivity contribution < 1.29 is 0 Å². The topological polar surface area (TPSA) is 12.0 Å². The van der Waals surface area contributed by atoms with Gasteiger partial charge in [0, 0.05) is 17.7 Å². The number of rotatable bonds is 0. The van der Waals surface area contributed by atoms with Crippen molar-refractivity contribution in [2.75, 3.05) is 12.4 Å². The number of hydrogen-bond acceptors (Lipinski definition) is 2. The molecule has 1 atom stereocenters. The molecule has 1 unspecified atom stereocenters. The fourth-order valence-corrected chi connectivity index (χ4v) is 1.28. The molecule has 0 aliphatic carbocycles. The molecule has 1 fully saturated rings. The second kappa shape index (κ2) is 3.58. The van der Waals surface area contributed by atoms with Crippen LogP contribution in [0.2, 0.25) is 0 Å². The van der Waals surface area contributed by atoms with Gasteiger partial charge in [-0.05, 0) is 0 Å². The van der Waals surface area contributed by atoms with E-state index in [1.807, 2.05) is 11.8 Å². The first kappa shape index (κ1) is 7.60. The Bertz CT molecular complexity index is 45.0. The second-order valence-electron chi connectivity index (χ2n) is 1.58. The molecule has 0 radical (unpaired) electrons. The Labute approximate surface area is 54.7 Å². The number of nitrogens with one attached hydrogen (secondary N) is 1. The first-order valence-electron chi connectivity index (χ1n) is 2.22. The average molecular weight is 140 g/mol. The van der Waals surface area contributed by atoms with Crippen molar-refractivity contribution >= 4 is 24.2 Å². The van der Waals surface area contributed by atoms with Crippen LogP contribution < -0.4 is 5.32 Å². The summed E-state index contributed by atoms with van der Waals surface area (Å²) in [5.74, 6) is 1.15. The summed E-state index contributed by atoms with van der Waals surface area (Å²) < 4.78 is 0. The van der Waals surface area contributed by atoms with Crippen LogP contribution in [-0.4, -0.2) is 17.7 Å². The highest BCUT2D eigenvalue weighted by Crippen LogP contribution is 2.11. The molecule has 7 heavy (non-hydrogen) atoms. The van der Waals surface area contributed by atoms with Gasteiger partial charge in [0.25, 0.3) is 0 Å². The lowest BCUT2D eigenvalue weighted by atomic mass is 10.5. The molecule has 1 aliphatic rings. The first-order chi connectivity index (χ1) is 2.89. The minimum Gasteiger partial charge on any atom is -0.307 e. The zero-order chi connectivity index (χ0) is 4.41. The van der Waals surface area contributed by atoms with Crippen LogP contribution in [0.4, 0.5) is 0 Å². The molecule has 1 nitrogen and oxygen atoms in total. The van der Waals surface area contributed by atoms with Crippen molar-refractivity contribution in [2.24, 2.45) is 0 Å². The van der Waals surface area contributed by atoms with Gasteiger partial charge in [-0.2, -0.15) is 0 Å². The molecule has 0 spiro atoms. The third-order valence-corrected chi connectivity index (χ3v) is 2.01. The minimum absolute atomic E-state index is 0. The fraction of sp³-hybridized carbons (Fsp3) is 1.00. The molecular formula is C4H10ClNS. The molecule has 1 heterocycles. The maximum atomic E-state index is 3.23. The molecule has 1 rings (SSSR count). The molecular weight excluding hydrogens is 130 g/mol. The molecule has 1 N–H and O–H groups in total. The predicted molar refractivity (Wildman–Crippen MR) is 37.2 cm³/mol. The van der Waals surface area contributed by atoms with Crippen LogP contribution in [-0.2, 0) is 0 Å². The van der Waals surface area contributed by atoms with Crippen molar-refractivity contribution in [3.63, 3.8) is 0 Å². The van der Waals surface area contributed by atoms with Crippen molar-refractivity contribution in [1.82, 2.24) is 5.32 Å². The molecule has 0 saturated carbocycles. The fourth-order valence-electron chi connectivity index (χ4n) is 0.522. The van der Waals surface area contributed by atoms with Gasteiger partial charge in [0.2, 0.25) is 0 Å². The monoisotopic (exact) mass is 139 g/mol.